The number of nitrogens with zero attached hydrogens (tertiary/aromatic N) is 5. The first-order valence-electron chi connectivity index (χ1n) is 7.51. The lowest BCUT2D eigenvalue weighted by Gasteiger charge is -2.31. The molecule has 6 nitrogen and oxygen atoms in total. The Kier molecular flexibility index (Phi) is 3.63. The van der Waals surface area contributed by atoms with Crippen molar-refractivity contribution in [3.63, 3.8) is 0 Å². The van der Waals surface area contributed by atoms with Crippen molar-refractivity contribution in [2.24, 2.45) is 0 Å². The van der Waals surface area contributed by atoms with Gasteiger partial charge < -0.3 is 5.73 Å². The summed E-state index contributed by atoms with van der Waals surface area (Å²) in [6.07, 6.45) is 2.09. The second kappa shape index (κ2) is 5.44. The molecule has 0 aromatic carbocycles. The number of fused-ring (bicyclic) bond motifs is 1. The maximum absolute atomic E-state index is 6.30. The lowest BCUT2D eigenvalue weighted by molar-refractivity contribution is 0.186. The minimum atomic E-state index is 0.570. The first-order chi connectivity index (χ1) is 10.1. The van der Waals surface area contributed by atoms with Crippen molar-refractivity contribution in [3.8, 4) is 5.82 Å². The minimum absolute atomic E-state index is 0.570. The Morgan fingerprint density at radius 3 is 2.81 bits per heavy atom. The largest absolute Gasteiger partial charge is 0.383 e. The van der Waals surface area contributed by atoms with E-state index in [0.29, 0.717) is 17.7 Å². The van der Waals surface area contributed by atoms with Crippen molar-refractivity contribution in [2.75, 3.05) is 12.3 Å². The summed E-state index contributed by atoms with van der Waals surface area (Å²) < 4.78 is 1.72. The molecule has 2 N–H and O–H groups in total. The van der Waals surface area contributed by atoms with Gasteiger partial charge in [-0.2, -0.15) is 14.9 Å². The molecule has 1 aliphatic rings. The summed E-state index contributed by atoms with van der Waals surface area (Å²) in [6, 6.07) is 4.40. The van der Waals surface area contributed by atoms with Crippen molar-refractivity contribution < 1.29 is 0 Å². The fourth-order valence-corrected chi connectivity index (χ4v) is 2.73. The molecule has 112 valence electrons. The van der Waals surface area contributed by atoms with Gasteiger partial charge >= 0.3 is 0 Å². The summed E-state index contributed by atoms with van der Waals surface area (Å²) in [5.41, 5.74) is 9.42. The van der Waals surface area contributed by atoms with E-state index in [9.17, 15) is 0 Å². The van der Waals surface area contributed by atoms with Crippen LogP contribution in [-0.2, 0) is 13.0 Å². The van der Waals surface area contributed by atoms with Crippen LogP contribution in [0, 0.1) is 6.92 Å². The van der Waals surface area contributed by atoms with Crippen molar-refractivity contribution >= 4 is 5.82 Å². The number of nitrogens with two attached hydrogens (primary N) is 1. The maximum atomic E-state index is 6.30. The molecular weight excluding hydrogens is 264 g/mol. The molecule has 3 rings (SSSR count). The topological polar surface area (TPSA) is 72.9 Å². The van der Waals surface area contributed by atoms with E-state index in [1.165, 1.54) is 0 Å². The number of aryl methyl sites for hydroxylation is 1. The summed E-state index contributed by atoms with van der Waals surface area (Å²) in [5.74, 6) is 1.37. The van der Waals surface area contributed by atoms with Gasteiger partial charge in [-0.1, -0.05) is 6.92 Å². The molecule has 0 amide bonds. The molecule has 0 saturated carbocycles. The average molecular weight is 286 g/mol. The number of hydrogen-bond acceptors (Lipinski definition) is 5. The summed E-state index contributed by atoms with van der Waals surface area (Å²) in [6.45, 7) is 8.30. The van der Waals surface area contributed by atoms with Crippen LogP contribution in [0.4, 0.5) is 5.82 Å². The van der Waals surface area contributed by atoms with Crippen LogP contribution in [0.2, 0.25) is 0 Å². The molecule has 0 aliphatic carbocycles. The van der Waals surface area contributed by atoms with Crippen molar-refractivity contribution in [1.29, 1.82) is 0 Å². The van der Waals surface area contributed by atoms with Crippen LogP contribution in [-0.4, -0.2) is 37.5 Å². The van der Waals surface area contributed by atoms with Crippen LogP contribution in [0.5, 0.6) is 0 Å². The molecule has 0 spiro atoms. The monoisotopic (exact) mass is 286 g/mol. The number of nitrogen functional groups attached to an aromatic ring is 1. The van der Waals surface area contributed by atoms with E-state index in [1.54, 1.807) is 4.68 Å². The van der Waals surface area contributed by atoms with E-state index in [0.717, 1.165) is 42.9 Å². The Morgan fingerprint density at radius 1 is 1.33 bits per heavy atom. The van der Waals surface area contributed by atoms with E-state index in [-0.39, 0.29) is 0 Å². The fourth-order valence-electron chi connectivity index (χ4n) is 2.73. The molecular formula is C15H22N6. The highest BCUT2D eigenvalue weighted by atomic mass is 15.4. The molecule has 1 aliphatic heterocycles. The average Bonchev–Trinajstić information content (AvgIpc) is 2.84. The third-order valence-electron chi connectivity index (χ3n) is 4.32. The first-order valence-corrected chi connectivity index (χ1v) is 7.51. The number of rotatable bonds is 3. The van der Waals surface area contributed by atoms with Crippen LogP contribution in [0.1, 0.15) is 37.2 Å². The molecule has 6 heteroatoms. The van der Waals surface area contributed by atoms with E-state index < -0.39 is 0 Å². The van der Waals surface area contributed by atoms with Crippen molar-refractivity contribution in [1.82, 2.24) is 24.9 Å². The van der Waals surface area contributed by atoms with E-state index in [2.05, 4.69) is 34.0 Å². The van der Waals surface area contributed by atoms with E-state index in [4.69, 9.17) is 5.73 Å². The van der Waals surface area contributed by atoms with Gasteiger partial charge in [0.2, 0.25) is 0 Å². The van der Waals surface area contributed by atoms with Gasteiger partial charge in [0.1, 0.15) is 5.82 Å². The van der Waals surface area contributed by atoms with Gasteiger partial charge in [0.05, 0.1) is 11.4 Å². The van der Waals surface area contributed by atoms with E-state index >= 15 is 0 Å². The number of hydrogen-bond donors (Lipinski definition) is 1. The van der Waals surface area contributed by atoms with Crippen LogP contribution >= 0.6 is 0 Å². The molecule has 2 aromatic heterocycles. The molecule has 3 heterocycles. The first kappa shape index (κ1) is 14.0. The van der Waals surface area contributed by atoms with Crippen molar-refractivity contribution in [2.45, 2.75) is 46.2 Å². The molecule has 1 unspecified atom stereocenters. The predicted molar refractivity (Wildman–Crippen MR) is 82.2 cm³/mol. The highest BCUT2D eigenvalue weighted by Crippen LogP contribution is 2.27. The van der Waals surface area contributed by atoms with Gasteiger partial charge in [-0.15, -0.1) is 5.10 Å². The summed E-state index contributed by atoms with van der Waals surface area (Å²) >= 11 is 0. The highest BCUT2D eigenvalue weighted by molar-refractivity contribution is 5.49. The van der Waals surface area contributed by atoms with E-state index in [1.807, 2.05) is 19.1 Å². The Morgan fingerprint density at radius 2 is 2.14 bits per heavy atom. The summed E-state index contributed by atoms with van der Waals surface area (Å²) in [4.78, 5) is 2.46. The quantitative estimate of drug-likeness (QED) is 0.930. The Hall–Kier alpha value is -1.95. The molecule has 0 fully saturated rings. The van der Waals surface area contributed by atoms with Gasteiger partial charge in [0.25, 0.3) is 0 Å². The lowest BCUT2D eigenvalue weighted by Crippen LogP contribution is -2.37. The third-order valence-corrected chi connectivity index (χ3v) is 4.32. The molecule has 0 radical (unpaired) electrons. The Labute approximate surface area is 125 Å². The smallest absolute Gasteiger partial charge is 0.178 e. The van der Waals surface area contributed by atoms with Gasteiger partial charge in [-0.05, 0) is 32.4 Å². The number of aromatic nitrogens is 4. The summed E-state index contributed by atoms with van der Waals surface area (Å²) in [5, 5.41) is 12.9. The maximum Gasteiger partial charge on any atom is 0.178 e. The molecule has 0 bridgehead atoms. The van der Waals surface area contributed by atoms with Crippen molar-refractivity contribution in [3.05, 3.63) is 29.1 Å². The second-order valence-corrected chi connectivity index (χ2v) is 5.73. The minimum Gasteiger partial charge on any atom is -0.383 e. The van der Waals surface area contributed by atoms with Gasteiger partial charge in [-0.25, -0.2) is 0 Å². The molecule has 0 saturated heterocycles. The van der Waals surface area contributed by atoms with Gasteiger partial charge in [0.15, 0.2) is 5.82 Å². The second-order valence-electron chi connectivity index (χ2n) is 5.73. The van der Waals surface area contributed by atoms with Crippen LogP contribution in [0.3, 0.4) is 0 Å². The Balaban J connectivity index is 1.94. The molecule has 21 heavy (non-hydrogen) atoms. The normalized spacial score (nSPS) is 16.7. The predicted octanol–water partition coefficient (Wildman–Crippen LogP) is 1.71. The van der Waals surface area contributed by atoms with Gasteiger partial charge in [0, 0.05) is 31.1 Å². The SMILES string of the molecule is CCC(C)N1CCc2nn(-c3ccc(C)nn3)c(N)c2C1. The third kappa shape index (κ3) is 2.51. The zero-order valence-electron chi connectivity index (χ0n) is 12.9. The van der Waals surface area contributed by atoms with Gasteiger partial charge in [-0.3, -0.25) is 4.90 Å². The van der Waals surface area contributed by atoms with Crippen LogP contribution < -0.4 is 5.73 Å². The van der Waals surface area contributed by atoms with Crippen LogP contribution in [0.25, 0.3) is 5.82 Å². The molecule has 2 aromatic rings. The summed E-state index contributed by atoms with van der Waals surface area (Å²) in [7, 11) is 0. The van der Waals surface area contributed by atoms with Crippen LogP contribution in [0.15, 0.2) is 12.1 Å². The standard InChI is InChI=1S/C15H22N6/c1-4-11(3)20-8-7-13-12(9-20)15(16)21(19-13)14-6-5-10(2)17-18-14/h5-6,11H,4,7-9,16H2,1-3H3. The lowest BCUT2D eigenvalue weighted by atomic mass is 10.0. The highest BCUT2D eigenvalue weighted by Gasteiger charge is 2.26. The zero-order chi connectivity index (χ0) is 15.0. The fraction of sp³-hybridized carbons (Fsp3) is 0.533. The zero-order valence-corrected chi connectivity index (χ0v) is 12.9. The molecule has 1 atom stereocenters. The Bertz CT molecular complexity index is 630. The number of anilines is 1.